The zero-order valence-electron chi connectivity index (χ0n) is 8.97. The molecule has 0 aliphatic carbocycles. The van der Waals surface area contributed by atoms with Crippen LogP contribution in [0.4, 0.5) is 10.5 Å². The lowest BCUT2D eigenvalue weighted by Crippen LogP contribution is -2.29. The average molecular weight is 205 g/mol. The molecule has 1 N–H and O–H groups in total. The summed E-state index contributed by atoms with van der Waals surface area (Å²) in [5.74, 6) is 0. The lowest BCUT2D eigenvalue weighted by atomic mass is 10.2. The maximum atomic E-state index is 11.0. The lowest BCUT2D eigenvalue weighted by molar-refractivity contribution is 0.202. The van der Waals surface area contributed by atoms with Gasteiger partial charge in [-0.05, 0) is 26.0 Å². The van der Waals surface area contributed by atoms with Crippen molar-refractivity contribution in [1.29, 1.82) is 0 Å². The molecule has 0 aliphatic rings. The SMILES string of the molecule is CC(C)=CCN(C(=O)O)c1ccccc1. The van der Waals surface area contributed by atoms with E-state index in [-0.39, 0.29) is 0 Å². The predicted octanol–water partition coefficient (Wildman–Crippen LogP) is 3.14. The third-order valence-corrected chi connectivity index (χ3v) is 1.98. The molecule has 0 unspecified atom stereocenters. The molecule has 3 nitrogen and oxygen atoms in total. The summed E-state index contributed by atoms with van der Waals surface area (Å²) < 4.78 is 0. The normalized spacial score (nSPS) is 9.47. The van der Waals surface area contributed by atoms with Crippen LogP contribution in [0.2, 0.25) is 0 Å². The van der Waals surface area contributed by atoms with E-state index in [0.29, 0.717) is 12.2 Å². The third-order valence-electron chi connectivity index (χ3n) is 1.98. The van der Waals surface area contributed by atoms with Gasteiger partial charge in [-0.3, -0.25) is 4.90 Å². The third kappa shape index (κ3) is 3.46. The molecular weight excluding hydrogens is 190 g/mol. The second-order valence-corrected chi connectivity index (χ2v) is 3.51. The fourth-order valence-corrected chi connectivity index (χ4v) is 1.18. The maximum absolute atomic E-state index is 11.0. The average Bonchev–Trinajstić information content (AvgIpc) is 2.18. The van der Waals surface area contributed by atoms with Gasteiger partial charge < -0.3 is 5.11 Å². The van der Waals surface area contributed by atoms with Gasteiger partial charge in [0, 0.05) is 12.2 Å². The van der Waals surface area contributed by atoms with Crippen LogP contribution in [0.25, 0.3) is 0 Å². The molecule has 1 aromatic carbocycles. The van der Waals surface area contributed by atoms with Crippen LogP contribution >= 0.6 is 0 Å². The number of rotatable bonds is 3. The summed E-state index contributed by atoms with van der Waals surface area (Å²) in [5.41, 5.74) is 1.81. The van der Waals surface area contributed by atoms with E-state index in [4.69, 9.17) is 5.11 Å². The molecule has 0 bridgehead atoms. The van der Waals surface area contributed by atoms with E-state index in [0.717, 1.165) is 5.57 Å². The Morgan fingerprint density at radius 2 is 1.93 bits per heavy atom. The minimum Gasteiger partial charge on any atom is -0.465 e. The van der Waals surface area contributed by atoms with E-state index >= 15 is 0 Å². The number of para-hydroxylation sites is 1. The zero-order valence-corrected chi connectivity index (χ0v) is 8.97. The van der Waals surface area contributed by atoms with Crippen LogP contribution in [0.3, 0.4) is 0 Å². The number of anilines is 1. The summed E-state index contributed by atoms with van der Waals surface area (Å²) in [7, 11) is 0. The highest BCUT2D eigenvalue weighted by atomic mass is 16.4. The van der Waals surface area contributed by atoms with Crippen molar-refractivity contribution in [2.24, 2.45) is 0 Å². The van der Waals surface area contributed by atoms with Gasteiger partial charge in [0.05, 0.1) is 0 Å². The van der Waals surface area contributed by atoms with Gasteiger partial charge in [-0.15, -0.1) is 0 Å². The van der Waals surface area contributed by atoms with Crippen LogP contribution in [0.5, 0.6) is 0 Å². The standard InChI is InChI=1S/C12H15NO2/c1-10(2)8-9-13(12(14)15)11-6-4-3-5-7-11/h3-8H,9H2,1-2H3,(H,14,15). The van der Waals surface area contributed by atoms with Crippen LogP contribution in [-0.4, -0.2) is 17.7 Å². The Morgan fingerprint density at radius 1 is 1.33 bits per heavy atom. The first kappa shape index (κ1) is 11.3. The van der Waals surface area contributed by atoms with Crippen molar-refractivity contribution in [3.8, 4) is 0 Å². The Balaban J connectivity index is 2.85. The summed E-state index contributed by atoms with van der Waals surface area (Å²) >= 11 is 0. The first-order chi connectivity index (χ1) is 7.11. The topological polar surface area (TPSA) is 40.5 Å². The van der Waals surface area contributed by atoms with Crippen LogP contribution in [0.15, 0.2) is 42.0 Å². The fourth-order valence-electron chi connectivity index (χ4n) is 1.18. The second-order valence-electron chi connectivity index (χ2n) is 3.51. The molecule has 80 valence electrons. The van der Waals surface area contributed by atoms with Gasteiger partial charge in [0.15, 0.2) is 0 Å². The molecule has 0 heterocycles. The van der Waals surface area contributed by atoms with Gasteiger partial charge in [-0.25, -0.2) is 4.79 Å². The highest BCUT2D eigenvalue weighted by Crippen LogP contribution is 2.13. The van der Waals surface area contributed by atoms with Crippen molar-refractivity contribution in [3.63, 3.8) is 0 Å². The van der Waals surface area contributed by atoms with Crippen LogP contribution in [-0.2, 0) is 0 Å². The number of benzene rings is 1. The quantitative estimate of drug-likeness (QED) is 0.770. The molecule has 0 atom stereocenters. The van der Waals surface area contributed by atoms with E-state index in [1.807, 2.05) is 38.1 Å². The second kappa shape index (κ2) is 5.20. The highest BCUT2D eigenvalue weighted by molar-refractivity contribution is 5.86. The summed E-state index contributed by atoms with van der Waals surface area (Å²) in [6.45, 7) is 4.29. The molecule has 0 radical (unpaired) electrons. The van der Waals surface area contributed by atoms with Crippen molar-refractivity contribution in [2.75, 3.05) is 11.4 Å². The fraction of sp³-hybridized carbons (Fsp3) is 0.250. The molecule has 0 saturated carbocycles. The van der Waals surface area contributed by atoms with Gasteiger partial charge in [0.1, 0.15) is 0 Å². The Hall–Kier alpha value is -1.77. The zero-order chi connectivity index (χ0) is 11.3. The van der Waals surface area contributed by atoms with Crippen LogP contribution in [0, 0.1) is 0 Å². The smallest absolute Gasteiger partial charge is 0.412 e. The van der Waals surface area contributed by atoms with Crippen molar-refractivity contribution >= 4 is 11.8 Å². The number of allylic oxidation sites excluding steroid dienone is 1. The van der Waals surface area contributed by atoms with Crippen LogP contribution < -0.4 is 4.90 Å². The van der Waals surface area contributed by atoms with E-state index < -0.39 is 6.09 Å². The number of hydrogen-bond acceptors (Lipinski definition) is 1. The number of hydrogen-bond donors (Lipinski definition) is 1. The molecule has 0 spiro atoms. The largest absolute Gasteiger partial charge is 0.465 e. The van der Waals surface area contributed by atoms with Crippen LogP contribution in [0.1, 0.15) is 13.8 Å². The van der Waals surface area contributed by atoms with E-state index in [1.54, 1.807) is 12.1 Å². The number of nitrogens with zero attached hydrogens (tertiary/aromatic N) is 1. The molecule has 1 rings (SSSR count). The summed E-state index contributed by atoms with van der Waals surface area (Å²) in [6.07, 6.45) is 0.958. The predicted molar refractivity (Wildman–Crippen MR) is 61.2 cm³/mol. The van der Waals surface area contributed by atoms with E-state index in [2.05, 4.69) is 0 Å². The Labute approximate surface area is 89.6 Å². The molecule has 0 fully saturated rings. The van der Waals surface area contributed by atoms with Gasteiger partial charge >= 0.3 is 6.09 Å². The van der Waals surface area contributed by atoms with Crippen molar-refractivity contribution in [2.45, 2.75) is 13.8 Å². The Bertz CT molecular complexity index is 353. The molecular formula is C12H15NO2. The summed E-state index contributed by atoms with van der Waals surface area (Å²) in [4.78, 5) is 12.3. The Morgan fingerprint density at radius 3 is 2.40 bits per heavy atom. The molecule has 1 amide bonds. The number of carboxylic acid groups (broad SMARTS) is 1. The molecule has 3 heteroatoms. The lowest BCUT2D eigenvalue weighted by Gasteiger charge is -2.17. The van der Waals surface area contributed by atoms with Crippen molar-refractivity contribution < 1.29 is 9.90 Å². The molecule has 0 aliphatic heterocycles. The maximum Gasteiger partial charge on any atom is 0.412 e. The van der Waals surface area contributed by atoms with Gasteiger partial charge in [-0.2, -0.15) is 0 Å². The molecule has 0 aromatic heterocycles. The first-order valence-electron chi connectivity index (χ1n) is 4.80. The molecule has 15 heavy (non-hydrogen) atoms. The van der Waals surface area contributed by atoms with E-state index in [1.165, 1.54) is 4.90 Å². The van der Waals surface area contributed by atoms with Gasteiger partial charge in [-0.1, -0.05) is 29.8 Å². The summed E-state index contributed by atoms with van der Waals surface area (Å²) in [5, 5.41) is 9.04. The monoisotopic (exact) mass is 205 g/mol. The van der Waals surface area contributed by atoms with Crippen molar-refractivity contribution in [1.82, 2.24) is 0 Å². The molecule has 1 aromatic rings. The molecule has 0 saturated heterocycles. The summed E-state index contributed by atoms with van der Waals surface area (Å²) in [6, 6.07) is 9.09. The minimum atomic E-state index is -0.932. The van der Waals surface area contributed by atoms with Crippen molar-refractivity contribution in [3.05, 3.63) is 42.0 Å². The first-order valence-corrected chi connectivity index (χ1v) is 4.80. The Kier molecular flexibility index (Phi) is 3.92. The van der Waals surface area contributed by atoms with E-state index in [9.17, 15) is 4.79 Å². The van der Waals surface area contributed by atoms with Gasteiger partial charge in [0.25, 0.3) is 0 Å². The number of carbonyl (C=O) groups is 1. The number of amides is 1. The highest BCUT2D eigenvalue weighted by Gasteiger charge is 2.11. The minimum absolute atomic E-state index is 0.391. The van der Waals surface area contributed by atoms with Gasteiger partial charge in [0.2, 0.25) is 0 Å².